The molecule has 31 heavy (non-hydrogen) atoms. The molecule has 166 valence electrons. The molecule has 0 spiro atoms. The number of carbonyl (C=O) groups is 2. The van der Waals surface area contributed by atoms with E-state index in [2.05, 4.69) is 0 Å². The molecule has 2 amide bonds. The molecule has 0 aliphatic carbocycles. The molecule has 0 bridgehead atoms. The molecule has 3 rings (SSSR count). The molecule has 2 aromatic carbocycles. The van der Waals surface area contributed by atoms with Crippen LogP contribution in [0.15, 0.2) is 36.4 Å². The summed E-state index contributed by atoms with van der Waals surface area (Å²) in [4.78, 5) is 27.9. The van der Waals surface area contributed by atoms with Gasteiger partial charge < -0.3 is 9.05 Å². The molecule has 0 saturated heterocycles. The maximum absolute atomic E-state index is 13.5. The number of hydrogen-bond donors (Lipinski definition) is 0. The molecule has 0 fully saturated rings. The Hall–Kier alpha value is -2.27. The molecule has 2 aromatic rings. The van der Waals surface area contributed by atoms with Crippen molar-refractivity contribution in [2.75, 3.05) is 4.90 Å². The summed E-state index contributed by atoms with van der Waals surface area (Å²) in [5.41, 5.74) is 3.04. The molecule has 1 aliphatic heterocycles. The number of rotatable bonds is 8. The van der Waals surface area contributed by atoms with Crippen molar-refractivity contribution in [2.24, 2.45) is 0 Å². The maximum Gasteiger partial charge on any atom is 0.361 e. The first kappa shape index (κ1) is 23.4. The van der Waals surface area contributed by atoms with Crippen molar-refractivity contribution >= 4 is 30.4 Å². The number of aryl methyl sites for hydroxylation is 2. The van der Waals surface area contributed by atoms with E-state index in [0.717, 1.165) is 11.1 Å². The first-order valence-corrected chi connectivity index (χ1v) is 12.3. The Labute approximate surface area is 184 Å². The van der Waals surface area contributed by atoms with Gasteiger partial charge in [0.25, 0.3) is 11.8 Å². The summed E-state index contributed by atoms with van der Waals surface area (Å²) in [6.07, 6.45) is 0.716. The fourth-order valence-electron chi connectivity index (χ4n) is 3.81. The van der Waals surface area contributed by atoms with Crippen LogP contribution < -0.4 is 10.2 Å². The van der Waals surface area contributed by atoms with Gasteiger partial charge in [0, 0.05) is 0 Å². The average Bonchev–Trinajstić information content (AvgIpc) is 2.95. The van der Waals surface area contributed by atoms with Crippen LogP contribution in [0, 0.1) is 0 Å². The van der Waals surface area contributed by atoms with E-state index in [9.17, 15) is 14.2 Å². The molecule has 0 unspecified atom stereocenters. The van der Waals surface area contributed by atoms with Crippen LogP contribution >= 0.6 is 7.60 Å². The van der Waals surface area contributed by atoms with Crippen LogP contribution in [0.2, 0.25) is 0 Å². The molecular formula is C24H30NO5P. The minimum absolute atomic E-state index is 0.218. The van der Waals surface area contributed by atoms with Gasteiger partial charge >= 0.3 is 7.60 Å². The Kier molecular flexibility index (Phi) is 6.85. The van der Waals surface area contributed by atoms with E-state index in [-0.39, 0.29) is 29.0 Å². The third kappa shape index (κ3) is 4.38. The molecule has 0 saturated carbocycles. The van der Waals surface area contributed by atoms with Crippen molar-refractivity contribution in [1.82, 2.24) is 0 Å². The topological polar surface area (TPSA) is 72.9 Å². The lowest BCUT2D eigenvalue weighted by atomic mass is 10.0. The highest BCUT2D eigenvalue weighted by Gasteiger charge is 2.40. The van der Waals surface area contributed by atoms with Gasteiger partial charge in [-0.2, -0.15) is 0 Å². The lowest BCUT2D eigenvalue weighted by Gasteiger charge is -2.23. The number of nitrogens with zero attached hydrogens (tertiary/aromatic N) is 1. The molecule has 1 aliphatic rings. The molecule has 0 atom stereocenters. The highest BCUT2D eigenvalue weighted by atomic mass is 31.2. The average molecular weight is 443 g/mol. The highest BCUT2D eigenvalue weighted by molar-refractivity contribution is 7.62. The summed E-state index contributed by atoms with van der Waals surface area (Å²) >= 11 is 0. The van der Waals surface area contributed by atoms with E-state index in [1.807, 2.05) is 32.0 Å². The van der Waals surface area contributed by atoms with Crippen LogP contribution in [0.3, 0.4) is 0 Å². The van der Waals surface area contributed by atoms with Gasteiger partial charge in [-0.3, -0.25) is 14.2 Å². The maximum atomic E-state index is 13.5. The third-order valence-corrected chi connectivity index (χ3v) is 7.38. The standard InChI is InChI=1S/C24H30NO5P/c1-7-17-10-9-11-18(8-2)22(17)25-23(26)20-13-12-19(14-21(20)24(25)27)31(28,29-15(3)4)30-16(5)6/h9-16H,7-8H2,1-6H3. The van der Waals surface area contributed by atoms with E-state index in [0.29, 0.717) is 24.1 Å². The molecule has 6 nitrogen and oxygen atoms in total. The number of fused-ring (bicyclic) bond motifs is 1. The fourth-order valence-corrected chi connectivity index (χ4v) is 5.75. The number of hydrogen-bond acceptors (Lipinski definition) is 5. The summed E-state index contributed by atoms with van der Waals surface area (Å²) < 4.78 is 24.9. The first-order chi connectivity index (χ1) is 14.6. The molecule has 1 heterocycles. The second-order valence-electron chi connectivity index (χ2n) is 8.11. The van der Waals surface area contributed by atoms with E-state index in [1.54, 1.807) is 39.8 Å². The van der Waals surface area contributed by atoms with Crippen molar-refractivity contribution < 1.29 is 23.2 Å². The Bertz CT molecular complexity index is 1020. The quantitative estimate of drug-likeness (QED) is 0.410. The molecular weight excluding hydrogens is 413 g/mol. The van der Waals surface area contributed by atoms with Gasteiger partial charge in [-0.15, -0.1) is 0 Å². The predicted molar refractivity (Wildman–Crippen MR) is 122 cm³/mol. The Morgan fingerprint density at radius 2 is 1.35 bits per heavy atom. The van der Waals surface area contributed by atoms with Gasteiger partial charge in [-0.25, -0.2) is 4.90 Å². The minimum Gasteiger partial charge on any atom is -0.302 e. The van der Waals surface area contributed by atoms with Crippen molar-refractivity contribution in [3.8, 4) is 0 Å². The second kappa shape index (κ2) is 9.07. The number of amides is 2. The predicted octanol–water partition coefficient (Wildman–Crippen LogP) is 5.28. The summed E-state index contributed by atoms with van der Waals surface area (Å²) in [5.74, 6) is -0.787. The number of carbonyl (C=O) groups excluding carboxylic acids is 2. The Morgan fingerprint density at radius 1 is 0.839 bits per heavy atom. The molecule has 7 heteroatoms. The first-order valence-electron chi connectivity index (χ1n) is 10.7. The van der Waals surface area contributed by atoms with E-state index in [1.165, 1.54) is 11.0 Å². The summed E-state index contributed by atoms with van der Waals surface area (Å²) in [5, 5.41) is 0.274. The Morgan fingerprint density at radius 3 is 1.84 bits per heavy atom. The van der Waals surface area contributed by atoms with Crippen molar-refractivity contribution in [3.05, 3.63) is 58.7 Å². The summed E-state index contributed by atoms with van der Waals surface area (Å²) in [6, 6.07) is 10.4. The van der Waals surface area contributed by atoms with Gasteiger partial charge in [0.15, 0.2) is 0 Å². The van der Waals surface area contributed by atoms with Crippen LogP contribution in [0.5, 0.6) is 0 Å². The van der Waals surface area contributed by atoms with Crippen LogP contribution in [0.4, 0.5) is 5.69 Å². The zero-order valence-electron chi connectivity index (χ0n) is 19.0. The monoisotopic (exact) mass is 443 g/mol. The second-order valence-corrected chi connectivity index (χ2v) is 10.0. The fraction of sp³-hybridized carbons (Fsp3) is 0.417. The normalized spacial score (nSPS) is 14.1. The number of imide groups is 1. The van der Waals surface area contributed by atoms with Crippen LogP contribution in [0.1, 0.15) is 73.4 Å². The van der Waals surface area contributed by atoms with Crippen molar-refractivity contribution in [3.63, 3.8) is 0 Å². The lowest BCUT2D eigenvalue weighted by molar-refractivity contribution is 0.0925. The SMILES string of the molecule is CCc1cccc(CC)c1N1C(=O)c2ccc(P(=O)(OC(C)C)OC(C)C)cc2C1=O. The lowest BCUT2D eigenvalue weighted by Crippen LogP contribution is -2.31. The zero-order chi connectivity index (χ0) is 22.9. The summed E-state index contributed by atoms with van der Waals surface area (Å²) in [7, 11) is -3.67. The van der Waals surface area contributed by atoms with Gasteiger partial charge in [0.2, 0.25) is 0 Å². The zero-order valence-corrected chi connectivity index (χ0v) is 19.9. The number of anilines is 1. The van der Waals surface area contributed by atoms with E-state index >= 15 is 0 Å². The van der Waals surface area contributed by atoms with Crippen molar-refractivity contribution in [1.29, 1.82) is 0 Å². The highest BCUT2D eigenvalue weighted by Crippen LogP contribution is 2.50. The largest absolute Gasteiger partial charge is 0.361 e. The van der Waals surface area contributed by atoms with Crippen molar-refractivity contribution in [2.45, 2.75) is 66.6 Å². The number of para-hydroxylation sites is 1. The molecule has 0 N–H and O–H groups in total. The van der Waals surface area contributed by atoms with E-state index in [4.69, 9.17) is 9.05 Å². The number of benzene rings is 2. The van der Waals surface area contributed by atoms with Crippen LogP contribution in [-0.2, 0) is 26.5 Å². The van der Waals surface area contributed by atoms with Crippen LogP contribution in [0.25, 0.3) is 0 Å². The van der Waals surface area contributed by atoms with E-state index < -0.39 is 13.5 Å². The Balaban J connectivity index is 2.11. The third-order valence-electron chi connectivity index (χ3n) is 5.07. The molecule has 0 radical (unpaired) electrons. The van der Waals surface area contributed by atoms with Gasteiger partial charge in [0.1, 0.15) is 0 Å². The summed E-state index contributed by atoms with van der Waals surface area (Å²) in [6.45, 7) is 11.1. The van der Waals surface area contributed by atoms with Gasteiger partial charge in [-0.05, 0) is 69.9 Å². The van der Waals surface area contributed by atoms with Gasteiger partial charge in [0.05, 0.1) is 34.3 Å². The minimum atomic E-state index is -3.67. The molecule has 0 aromatic heterocycles. The van der Waals surface area contributed by atoms with Gasteiger partial charge in [-0.1, -0.05) is 32.0 Å². The van der Waals surface area contributed by atoms with Crippen LogP contribution in [-0.4, -0.2) is 24.0 Å². The smallest absolute Gasteiger partial charge is 0.302 e.